The fourth-order valence-corrected chi connectivity index (χ4v) is 2.76. The quantitative estimate of drug-likeness (QED) is 0.903. The van der Waals surface area contributed by atoms with Gasteiger partial charge in [-0.2, -0.15) is 0 Å². The van der Waals surface area contributed by atoms with E-state index in [0.717, 1.165) is 13.1 Å². The first-order valence-corrected chi connectivity index (χ1v) is 7.45. The number of rotatable bonds is 5. The van der Waals surface area contributed by atoms with Crippen molar-refractivity contribution < 1.29 is 9.53 Å². The summed E-state index contributed by atoms with van der Waals surface area (Å²) >= 11 is 0. The molecular weight excluding hydrogens is 266 g/mol. The van der Waals surface area contributed by atoms with Gasteiger partial charge in [0.2, 0.25) is 0 Å². The van der Waals surface area contributed by atoms with E-state index in [1.807, 2.05) is 14.1 Å². The highest BCUT2D eigenvalue weighted by Gasteiger charge is 2.24. The van der Waals surface area contributed by atoms with E-state index in [-0.39, 0.29) is 12.1 Å². The zero-order valence-corrected chi connectivity index (χ0v) is 13.1. The van der Waals surface area contributed by atoms with Gasteiger partial charge in [0.25, 0.3) is 0 Å². The van der Waals surface area contributed by atoms with Crippen LogP contribution in [0.1, 0.15) is 24.4 Å². The summed E-state index contributed by atoms with van der Waals surface area (Å²) < 4.78 is 4.67. The van der Waals surface area contributed by atoms with Crippen molar-refractivity contribution >= 4 is 11.8 Å². The van der Waals surface area contributed by atoms with E-state index >= 15 is 0 Å². The molecule has 116 valence electrons. The Balaban J connectivity index is 2.11. The predicted molar refractivity (Wildman–Crippen MR) is 84.7 cm³/mol. The number of alkyl carbamates (subject to hydrolysis) is 1. The summed E-state index contributed by atoms with van der Waals surface area (Å²) in [6.45, 7) is 2.75. The second-order valence-corrected chi connectivity index (χ2v) is 5.62. The number of anilines is 1. The van der Waals surface area contributed by atoms with Crippen molar-refractivity contribution in [1.82, 2.24) is 10.2 Å². The van der Waals surface area contributed by atoms with Crippen molar-refractivity contribution in [2.75, 3.05) is 45.7 Å². The molecule has 5 nitrogen and oxygen atoms in total. The highest BCUT2D eigenvalue weighted by atomic mass is 16.5. The molecule has 5 heteroatoms. The Bertz CT molecular complexity index is 453. The van der Waals surface area contributed by atoms with Crippen LogP contribution in [-0.4, -0.2) is 51.8 Å². The Morgan fingerprint density at radius 2 is 1.90 bits per heavy atom. The normalized spacial score (nSPS) is 16.5. The molecule has 1 aromatic carbocycles. The maximum absolute atomic E-state index is 11.3. The van der Waals surface area contributed by atoms with Gasteiger partial charge in [-0.3, -0.25) is 4.90 Å². The van der Waals surface area contributed by atoms with Crippen LogP contribution in [0.3, 0.4) is 0 Å². The predicted octanol–water partition coefficient (Wildman–Crippen LogP) is 2.25. The number of likely N-dealkylation sites (tertiary alicyclic amines) is 1. The van der Waals surface area contributed by atoms with Crippen LogP contribution in [0.2, 0.25) is 0 Å². The fourth-order valence-electron chi connectivity index (χ4n) is 2.76. The highest BCUT2D eigenvalue weighted by molar-refractivity contribution is 5.66. The van der Waals surface area contributed by atoms with Crippen molar-refractivity contribution in [2.24, 2.45) is 0 Å². The summed E-state index contributed by atoms with van der Waals surface area (Å²) in [5.74, 6) is 0. The maximum atomic E-state index is 11.3. The molecule has 1 aromatic rings. The van der Waals surface area contributed by atoms with E-state index < -0.39 is 0 Å². The molecule has 0 unspecified atom stereocenters. The van der Waals surface area contributed by atoms with Crippen LogP contribution in [0.4, 0.5) is 10.5 Å². The van der Waals surface area contributed by atoms with Gasteiger partial charge in [-0.25, -0.2) is 4.79 Å². The molecule has 0 bridgehead atoms. The summed E-state index contributed by atoms with van der Waals surface area (Å²) in [7, 11) is 5.46. The average Bonchev–Trinajstić information content (AvgIpc) is 3.01. The average molecular weight is 291 g/mol. The van der Waals surface area contributed by atoms with Gasteiger partial charge in [0.1, 0.15) is 0 Å². The Morgan fingerprint density at radius 1 is 1.29 bits per heavy atom. The molecule has 1 aliphatic heterocycles. The monoisotopic (exact) mass is 291 g/mol. The summed E-state index contributed by atoms with van der Waals surface area (Å²) in [6, 6.07) is 8.75. The van der Waals surface area contributed by atoms with Gasteiger partial charge in [0.15, 0.2) is 0 Å². The molecule has 1 N–H and O–H groups in total. The number of methoxy groups -OCH3 is 1. The number of nitrogens with one attached hydrogen (secondary N) is 1. The third kappa shape index (κ3) is 4.11. The molecule has 0 saturated carbocycles. The molecule has 1 amide bonds. The van der Waals surface area contributed by atoms with Gasteiger partial charge in [-0.1, -0.05) is 12.1 Å². The van der Waals surface area contributed by atoms with Gasteiger partial charge >= 0.3 is 6.09 Å². The molecule has 1 saturated heterocycles. The van der Waals surface area contributed by atoms with Crippen molar-refractivity contribution in [3.05, 3.63) is 29.8 Å². The van der Waals surface area contributed by atoms with Crippen LogP contribution in [-0.2, 0) is 4.74 Å². The second kappa shape index (κ2) is 7.31. The smallest absolute Gasteiger partial charge is 0.406 e. The SMILES string of the molecule is COC(=O)NC[C@@H](c1ccc(N(C)C)cc1)N1CCCC1. The Labute approximate surface area is 126 Å². The van der Waals surface area contributed by atoms with Gasteiger partial charge in [0, 0.05) is 26.3 Å². The van der Waals surface area contributed by atoms with E-state index in [1.165, 1.54) is 31.2 Å². The molecule has 1 heterocycles. The van der Waals surface area contributed by atoms with Crippen LogP contribution in [0.15, 0.2) is 24.3 Å². The highest BCUT2D eigenvalue weighted by Crippen LogP contribution is 2.26. The number of amides is 1. The Hall–Kier alpha value is -1.75. The van der Waals surface area contributed by atoms with Crippen molar-refractivity contribution in [3.8, 4) is 0 Å². The zero-order valence-electron chi connectivity index (χ0n) is 13.1. The minimum Gasteiger partial charge on any atom is -0.453 e. The van der Waals surface area contributed by atoms with Gasteiger partial charge < -0.3 is 15.0 Å². The number of hydrogen-bond donors (Lipinski definition) is 1. The summed E-state index contributed by atoms with van der Waals surface area (Å²) in [5.41, 5.74) is 2.42. The van der Waals surface area contributed by atoms with E-state index in [0.29, 0.717) is 6.54 Å². The van der Waals surface area contributed by atoms with Crippen molar-refractivity contribution in [3.63, 3.8) is 0 Å². The Morgan fingerprint density at radius 3 is 2.43 bits per heavy atom. The second-order valence-electron chi connectivity index (χ2n) is 5.62. The lowest BCUT2D eigenvalue weighted by Crippen LogP contribution is -2.36. The zero-order chi connectivity index (χ0) is 15.2. The summed E-state index contributed by atoms with van der Waals surface area (Å²) in [4.78, 5) is 15.9. The molecule has 0 aromatic heterocycles. The van der Waals surface area contributed by atoms with Crippen molar-refractivity contribution in [2.45, 2.75) is 18.9 Å². The van der Waals surface area contributed by atoms with Crippen LogP contribution >= 0.6 is 0 Å². The number of carbonyl (C=O) groups excluding carboxylic acids is 1. The van der Waals surface area contributed by atoms with E-state index in [1.54, 1.807) is 0 Å². The van der Waals surface area contributed by atoms with E-state index in [2.05, 4.69) is 44.1 Å². The van der Waals surface area contributed by atoms with Crippen LogP contribution in [0.5, 0.6) is 0 Å². The van der Waals surface area contributed by atoms with Gasteiger partial charge in [0.05, 0.1) is 13.2 Å². The van der Waals surface area contributed by atoms with E-state index in [4.69, 9.17) is 0 Å². The lowest BCUT2D eigenvalue weighted by atomic mass is 10.0. The first-order valence-electron chi connectivity index (χ1n) is 7.45. The fraction of sp³-hybridized carbons (Fsp3) is 0.562. The molecule has 1 aliphatic rings. The molecule has 1 fully saturated rings. The standard InChI is InChI=1S/C16H25N3O2/c1-18(2)14-8-6-13(7-9-14)15(12-17-16(20)21-3)19-10-4-5-11-19/h6-9,15H,4-5,10-12H2,1-3H3,(H,17,20)/t15-/m0/s1. The summed E-state index contributed by atoms with van der Waals surface area (Å²) in [6.07, 6.45) is 2.08. The topological polar surface area (TPSA) is 44.8 Å². The molecule has 2 rings (SSSR count). The molecule has 0 aliphatic carbocycles. The lowest BCUT2D eigenvalue weighted by molar-refractivity contribution is 0.163. The number of nitrogens with zero attached hydrogens (tertiary/aromatic N) is 2. The molecule has 0 spiro atoms. The lowest BCUT2D eigenvalue weighted by Gasteiger charge is -2.28. The largest absolute Gasteiger partial charge is 0.453 e. The number of benzene rings is 1. The number of hydrogen-bond acceptors (Lipinski definition) is 4. The van der Waals surface area contributed by atoms with Crippen LogP contribution < -0.4 is 10.2 Å². The van der Waals surface area contributed by atoms with Crippen molar-refractivity contribution in [1.29, 1.82) is 0 Å². The molecule has 21 heavy (non-hydrogen) atoms. The van der Waals surface area contributed by atoms with E-state index in [9.17, 15) is 4.79 Å². The van der Waals surface area contributed by atoms with Crippen LogP contribution in [0, 0.1) is 0 Å². The molecule has 0 radical (unpaired) electrons. The molecular formula is C16H25N3O2. The molecule has 1 atom stereocenters. The van der Waals surface area contributed by atoms with Gasteiger partial charge in [-0.05, 0) is 43.6 Å². The first kappa shape index (κ1) is 15.6. The van der Waals surface area contributed by atoms with Gasteiger partial charge in [-0.15, -0.1) is 0 Å². The minimum atomic E-state index is -0.371. The number of carbonyl (C=O) groups is 1. The third-order valence-electron chi connectivity index (χ3n) is 4.00. The summed E-state index contributed by atoms with van der Waals surface area (Å²) in [5, 5.41) is 2.83. The number of ether oxygens (including phenoxy) is 1. The first-order chi connectivity index (χ1) is 10.1. The third-order valence-corrected chi connectivity index (χ3v) is 4.00. The minimum absolute atomic E-state index is 0.211. The van der Waals surface area contributed by atoms with Crippen LogP contribution in [0.25, 0.3) is 0 Å². The maximum Gasteiger partial charge on any atom is 0.406 e. The Kier molecular flexibility index (Phi) is 5.44.